The van der Waals surface area contributed by atoms with Gasteiger partial charge in [-0.2, -0.15) is 4.98 Å². The first kappa shape index (κ1) is 18.6. The van der Waals surface area contributed by atoms with Gasteiger partial charge >= 0.3 is 6.01 Å². The second-order valence-corrected chi connectivity index (χ2v) is 6.62. The Labute approximate surface area is 159 Å². The smallest absolute Gasteiger partial charge is 0.336 e. The van der Waals surface area contributed by atoms with Crippen LogP contribution in [0.4, 0.5) is 5.69 Å². The second-order valence-electron chi connectivity index (χ2n) is 6.62. The van der Waals surface area contributed by atoms with Gasteiger partial charge in [0.05, 0.1) is 12.3 Å². The summed E-state index contributed by atoms with van der Waals surface area (Å²) in [5, 5.41) is 7.41. The van der Waals surface area contributed by atoms with E-state index in [2.05, 4.69) is 15.4 Å². The Bertz CT molecular complexity index is 930. The fourth-order valence-corrected chi connectivity index (χ4v) is 2.55. The zero-order valence-electron chi connectivity index (χ0n) is 16.1. The molecule has 140 valence electrons. The van der Waals surface area contributed by atoms with Crippen LogP contribution >= 0.6 is 0 Å². The molecule has 0 bridgehead atoms. The molecule has 6 heteroatoms. The molecule has 6 nitrogen and oxygen atoms in total. The van der Waals surface area contributed by atoms with Gasteiger partial charge in [0, 0.05) is 17.2 Å². The molecule has 3 aromatic rings. The van der Waals surface area contributed by atoms with Crippen LogP contribution < -0.4 is 10.1 Å². The van der Waals surface area contributed by atoms with Gasteiger partial charge in [-0.05, 0) is 32.0 Å². The first-order valence-corrected chi connectivity index (χ1v) is 9.06. The minimum Gasteiger partial charge on any atom is -0.463 e. The predicted octanol–water partition coefficient (Wildman–Crippen LogP) is 4.24. The van der Waals surface area contributed by atoms with Crippen LogP contribution in [0.2, 0.25) is 0 Å². The summed E-state index contributed by atoms with van der Waals surface area (Å²) in [4.78, 5) is 16.5. The summed E-state index contributed by atoms with van der Waals surface area (Å²) in [7, 11) is 0. The molecule has 0 fully saturated rings. The van der Waals surface area contributed by atoms with Gasteiger partial charge in [0.25, 0.3) is 0 Å². The predicted molar refractivity (Wildman–Crippen MR) is 106 cm³/mol. The summed E-state index contributed by atoms with van der Waals surface area (Å²) in [5.74, 6) is 0.568. The molecule has 0 radical (unpaired) electrons. The Balaban J connectivity index is 2.02. The van der Waals surface area contributed by atoms with Crippen LogP contribution in [0.25, 0.3) is 17.1 Å². The maximum absolute atomic E-state index is 12.0. The lowest BCUT2D eigenvalue weighted by Gasteiger charge is -2.10. The highest BCUT2D eigenvalue weighted by Gasteiger charge is 2.15. The van der Waals surface area contributed by atoms with Crippen molar-refractivity contribution in [2.24, 2.45) is 5.92 Å². The summed E-state index contributed by atoms with van der Waals surface area (Å²) in [5.41, 5.74) is 3.63. The van der Waals surface area contributed by atoms with Gasteiger partial charge in [0.15, 0.2) is 5.82 Å². The van der Waals surface area contributed by atoms with Crippen molar-refractivity contribution >= 4 is 11.6 Å². The summed E-state index contributed by atoms with van der Waals surface area (Å²) in [6.07, 6.45) is 0. The zero-order chi connectivity index (χ0) is 19.4. The number of nitrogens with one attached hydrogen (secondary N) is 1. The van der Waals surface area contributed by atoms with Gasteiger partial charge in [-0.25, -0.2) is 4.68 Å². The Hall–Kier alpha value is -3.15. The average molecular weight is 364 g/mol. The molecule has 0 aliphatic carbocycles. The normalized spacial score (nSPS) is 10.9. The molecule has 0 unspecified atom stereocenters. The first-order chi connectivity index (χ1) is 13.0. The molecule has 0 spiro atoms. The number of aromatic nitrogens is 3. The average Bonchev–Trinajstić information content (AvgIpc) is 3.07. The van der Waals surface area contributed by atoms with Crippen molar-refractivity contribution in [2.75, 3.05) is 11.9 Å². The molecule has 1 heterocycles. The van der Waals surface area contributed by atoms with Crippen LogP contribution in [0.5, 0.6) is 6.01 Å². The Kier molecular flexibility index (Phi) is 5.54. The monoisotopic (exact) mass is 364 g/mol. The molecule has 0 aliphatic rings. The van der Waals surface area contributed by atoms with Crippen molar-refractivity contribution in [1.29, 1.82) is 0 Å². The van der Waals surface area contributed by atoms with Crippen molar-refractivity contribution in [1.82, 2.24) is 14.8 Å². The van der Waals surface area contributed by atoms with Crippen molar-refractivity contribution in [3.05, 3.63) is 54.1 Å². The number of benzene rings is 2. The Morgan fingerprint density at radius 1 is 1.19 bits per heavy atom. The lowest BCUT2D eigenvalue weighted by atomic mass is 10.1. The van der Waals surface area contributed by atoms with Crippen LogP contribution in [0, 0.1) is 12.8 Å². The molecular formula is C21H24N4O2. The van der Waals surface area contributed by atoms with Gasteiger partial charge in [-0.3, -0.25) is 4.79 Å². The van der Waals surface area contributed by atoms with E-state index in [4.69, 9.17) is 4.74 Å². The van der Waals surface area contributed by atoms with Crippen LogP contribution in [0.15, 0.2) is 48.5 Å². The third-order valence-corrected chi connectivity index (χ3v) is 4.05. The molecule has 3 rings (SSSR count). The molecular weight excluding hydrogens is 340 g/mol. The summed E-state index contributed by atoms with van der Waals surface area (Å²) in [6.45, 7) is 8.15. The highest BCUT2D eigenvalue weighted by molar-refractivity contribution is 5.92. The molecule has 1 aromatic heterocycles. The summed E-state index contributed by atoms with van der Waals surface area (Å²) < 4.78 is 7.24. The minimum atomic E-state index is -0.0901. The molecule has 27 heavy (non-hydrogen) atoms. The van der Waals surface area contributed by atoms with Crippen molar-refractivity contribution in [3.8, 4) is 23.1 Å². The topological polar surface area (TPSA) is 69.0 Å². The van der Waals surface area contributed by atoms with Crippen molar-refractivity contribution < 1.29 is 9.53 Å². The van der Waals surface area contributed by atoms with Gasteiger partial charge in [-0.1, -0.05) is 49.7 Å². The van der Waals surface area contributed by atoms with E-state index >= 15 is 0 Å². The minimum absolute atomic E-state index is 0.0282. The standard InChI is InChI=1S/C21H24N4O2/c1-5-27-21-23-19(16-11-9-15(4)10-12-16)25(24-21)18-8-6-7-17(13-18)22-20(26)14(2)3/h6-14H,5H2,1-4H3,(H,22,26). The molecule has 1 amide bonds. The van der Waals surface area contributed by atoms with Crippen LogP contribution in [-0.2, 0) is 4.79 Å². The van der Waals surface area contributed by atoms with Crippen LogP contribution in [-0.4, -0.2) is 27.3 Å². The number of aryl methyl sites for hydroxylation is 1. The lowest BCUT2D eigenvalue weighted by molar-refractivity contribution is -0.118. The zero-order valence-corrected chi connectivity index (χ0v) is 16.1. The number of carbonyl (C=O) groups is 1. The van der Waals surface area contributed by atoms with E-state index in [1.165, 1.54) is 5.56 Å². The maximum atomic E-state index is 12.0. The van der Waals surface area contributed by atoms with E-state index in [1.807, 2.05) is 76.2 Å². The fourth-order valence-electron chi connectivity index (χ4n) is 2.55. The highest BCUT2D eigenvalue weighted by atomic mass is 16.5. The molecule has 0 saturated carbocycles. The van der Waals surface area contributed by atoms with Crippen molar-refractivity contribution in [2.45, 2.75) is 27.7 Å². The number of rotatable bonds is 6. The highest BCUT2D eigenvalue weighted by Crippen LogP contribution is 2.25. The number of nitrogens with zero attached hydrogens (tertiary/aromatic N) is 3. The SMILES string of the molecule is CCOc1nc(-c2ccc(C)cc2)n(-c2cccc(NC(=O)C(C)C)c2)n1. The van der Waals surface area contributed by atoms with E-state index in [9.17, 15) is 4.79 Å². The summed E-state index contributed by atoms with van der Waals surface area (Å²) >= 11 is 0. The van der Waals surface area contributed by atoms with E-state index in [0.29, 0.717) is 18.4 Å². The molecule has 2 aromatic carbocycles. The fraction of sp³-hybridized carbons (Fsp3) is 0.286. The van der Waals surface area contributed by atoms with E-state index in [1.54, 1.807) is 4.68 Å². The third kappa shape index (κ3) is 4.34. The number of ether oxygens (including phenoxy) is 1. The van der Waals surface area contributed by atoms with Crippen molar-refractivity contribution in [3.63, 3.8) is 0 Å². The second kappa shape index (κ2) is 8.03. The number of amides is 1. The molecule has 0 saturated heterocycles. The Morgan fingerprint density at radius 2 is 1.93 bits per heavy atom. The molecule has 1 N–H and O–H groups in total. The number of hydrogen-bond acceptors (Lipinski definition) is 4. The van der Waals surface area contributed by atoms with Crippen LogP contribution in [0.1, 0.15) is 26.3 Å². The largest absolute Gasteiger partial charge is 0.463 e. The van der Waals surface area contributed by atoms with Gasteiger partial charge in [0.1, 0.15) is 0 Å². The third-order valence-electron chi connectivity index (χ3n) is 4.05. The van der Waals surface area contributed by atoms with Gasteiger partial charge in [-0.15, -0.1) is 5.10 Å². The number of carbonyl (C=O) groups excluding carboxylic acids is 1. The van der Waals surface area contributed by atoms with Gasteiger partial charge < -0.3 is 10.1 Å². The molecule has 0 aliphatic heterocycles. The number of hydrogen-bond donors (Lipinski definition) is 1. The molecule has 0 atom stereocenters. The Morgan fingerprint density at radius 3 is 2.59 bits per heavy atom. The van der Waals surface area contributed by atoms with E-state index < -0.39 is 0 Å². The van der Waals surface area contributed by atoms with E-state index in [-0.39, 0.29) is 11.8 Å². The summed E-state index contributed by atoms with van der Waals surface area (Å²) in [6, 6.07) is 16.0. The van der Waals surface area contributed by atoms with Gasteiger partial charge in [0.2, 0.25) is 5.91 Å². The lowest BCUT2D eigenvalue weighted by Crippen LogP contribution is -2.17. The maximum Gasteiger partial charge on any atom is 0.336 e. The quantitative estimate of drug-likeness (QED) is 0.710. The van der Waals surface area contributed by atoms with E-state index in [0.717, 1.165) is 16.9 Å². The number of anilines is 1. The first-order valence-electron chi connectivity index (χ1n) is 9.06. The van der Waals surface area contributed by atoms with Crippen LogP contribution in [0.3, 0.4) is 0 Å².